The van der Waals surface area contributed by atoms with Crippen LogP contribution in [0.3, 0.4) is 0 Å². The highest BCUT2D eigenvalue weighted by Gasteiger charge is 2.23. The zero-order valence-electron chi connectivity index (χ0n) is 13.0. The Kier molecular flexibility index (Phi) is 4.79. The maximum Gasteiger partial charge on any atom is 0.0476 e. The molecule has 0 aliphatic carbocycles. The van der Waals surface area contributed by atoms with Gasteiger partial charge in [0.25, 0.3) is 0 Å². The van der Waals surface area contributed by atoms with Crippen LogP contribution in [-0.2, 0) is 0 Å². The quantitative estimate of drug-likeness (QED) is 0.895. The van der Waals surface area contributed by atoms with Gasteiger partial charge in [0.2, 0.25) is 0 Å². The number of nitrogens with zero attached hydrogens (tertiary/aromatic N) is 1. The lowest BCUT2D eigenvalue weighted by atomic mass is 9.95. The normalized spacial score (nSPS) is 14.9. The van der Waals surface area contributed by atoms with Gasteiger partial charge < -0.3 is 5.73 Å². The van der Waals surface area contributed by atoms with Gasteiger partial charge in [-0.1, -0.05) is 56.3 Å². The van der Waals surface area contributed by atoms with Crippen LogP contribution in [0.15, 0.2) is 42.5 Å². The Bertz CT molecular complexity index is 557. The van der Waals surface area contributed by atoms with Gasteiger partial charge in [-0.3, -0.25) is 4.90 Å². The molecule has 2 atom stereocenters. The summed E-state index contributed by atoms with van der Waals surface area (Å²) in [6.07, 6.45) is 0. The summed E-state index contributed by atoms with van der Waals surface area (Å²) in [4.78, 5) is 2.41. The van der Waals surface area contributed by atoms with Crippen molar-refractivity contribution in [1.82, 2.24) is 4.90 Å². The number of hydrogen-bond acceptors (Lipinski definition) is 2. The van der Waals surface area contributed by atoms with Crippen LogP contribution in [0.1, 0.15) is 32.4 Å². The molecule has 0 saturated heterocycles. The smallest absolute Gasteiger partial charge is 0.0476 e. The second-order valence-corrected chi connectivity index (χ2v) is 5.97. The van der Waals surface area contributed by atoms with Gasteiger partial charge in [-0.05, 0) is 36.2 Å². The zero-order chi connectivity index (χ0) is 14.7. The minimum atomic E-state index is 0.262. The van der Waals surface area contributed by atoms with Crippen LogP contribution in [0, 0.1) is 5.92 Å². The van der Waals surface area contributed by atoms with Crippen molar-refractivity contribution in [3.8, 4) is 0 Å². The van der Waals surface area contributed by atoms with Crippen LogP contribution in [0.2, 0.25) is 0 Å². The highest BCUT2D eigenvalue weighted by atomic mass is 15.2. The van der Waals surface area contributed by atoms with Gasteiger partial charge >= 0.3 is 0 Å². The molecule has 0 spiro atoms. The largest absolute Gasteiger partial charge is 0.329 e. The highest BCUT2D eigenvalue weighted by Crippen LogP contribution is 2.29. The van der Waals surface area contributed by atoms with Crippen molar-refractivity contribution in [1.29, 1.82) is 0 Å². The molecular weight excluding hydrogens is 244 g/mol. The van der Waals surface area contributed by atoms with E-state index >= 15 is 0 Å². The predicted molar refractivity (Wildman–Crippen MR) is 87.8 cm³/mol. The monoisotopic (exact) mass is 270 g/mol. The maximum atomic E-state index is 6.09. The Balaban J connectivity index is 2.44. The molecule has 0 saturated carbocycles. The molecule has 0 radical (unpaired) electrons. The first-order valence-corrected chi connectivity index (χ1v) is 7.46. The summed E-state index contributed by atoms with van der Waals surface area (Å²) in [5, 5.41) is 2.60. The van der Waals surface area contributed by atoms with Gasteiger partial charge in [0.15, 0.2) is 0 Å². The highest BCUT2D eigenvalue weighted by molar-refractivity contribution is 5.86. The Morgan fingerprint density at radius 3 is 2.30 bits per heavy atom. The van der Waals surface area contributed by atoms with Crippen molar-refractivity contribution >= 4 is 10.8 Å². The molecule has 2 rings (SSSR count). The third-order valence-corrected chi connectivity index (χ3v) is 4.50. The molecule has 2 heteroatoms. The van der Waals surface area contributed by atoms with Crippen molar-refractivity contribution in [2.24, 2.45) is 11.7 Å². The van der Waals surface area contributed by atoms with Gasteiger partial charge in [0.05, 0.1) is 0 Å². The Morgan fingerprint density at radius 1 is 1.00 bits per heavy atom. The van der Waals surface area contributed by atoms with E-state index in [2.05, 4.69) is 75.2 Å². The fraction of sp³-hybridized carbons (Fsp3) is 0.444. The summed E-state index contributed by atoms with van der Waals surface area (Å²) in [5.41, 5.74) is 7.43. The Hall–Kier alpha value is -1.38. The van der Waals surface area contributed by atoms with Crippen LogP contribution >= 0.6 is 0 Å². The second-order valence-electron chi connectivity index (χ2n) is 5.97. The average Bonchev–Trinajstić information content (AvgIpc) is 2.47. The molecule has 0 aliphatic heterocycles. The number of likely N-dealkylation sites (N-methyl/N-ethyl adjacent to an activating group) is 1. The molecule has 0 aliphatic rings. The number of benzene rings is 2. The molecule has 2 aromatic carbocycles. The molecule has 0 bridgehead atoms. The van der Waals surface area contributed by atoms with E-state index in [1.54, 1.807) is 0 Å². The Labute approximate surface area is 122 Å². The lowest BCUT2D eigenvalue weighted by Gasteiger charge is -2.35. The van der Waals surface area contributed by atoms with E-state index in [1.165, 1.54) is 16.3 Å². The fourth-order valence-electron chi connectivity index (χ4n) is 2.81. The number of fused-ring (bicyclic) bond motifs is 1. The summed E-state index contributed by atoms with van der Waals surface area (Å²) in [6, 6.07) is 15.8. The van der Waals surface area contributed by atoms with E-state index in [4.69, 9.17) is 5.73 Å². The van der Waals surface area contributed by atoms with Crippen molar-refractivity contribution in [2.75, 3.05) is 13.6 Å². The summed E-state index contributed by atoms with van der Waals surface area (Å²) >= 11 is 0. The summed E-state index contributed by atoms with van der Waals surface area (Å²) in [6.45, 7) is 7.44. The first-order chi connectivity index (χ1) is 9.56. The predicted octanol–water partition coefficient (Wildman–Crippen LogP) is 3.82. The molecule has 2 aromatic rings. The van der Waals surface area contributed by atoms with Crippen molar-refractivity contribution in [3.05, 3.63) is 48.0 Å². The first-order valence-electron chi connectivity index (χ1n) is 7.46. The van der Waals surface area contributed by atoms with E-state index in [0.29, 0.717) is 18.5 Å². The second kappa shape index (κ2) is 6.38. The summed E-state index contributed by atoms with van der Waals surface area (Å²) in [5.74, 6) is 0.615. The number of nitrogens with two attached hydrogens (primary N) is 1. The van der Waals surface area contributed by atoms with Gasteiger partial charge in [0.1, 0.15) is 0 Å². The average molecular weight is 270 g/mol. The van der Waals surface area contributed by atoms with Crippen LogP contribution in [-0.4, -0.2) is 24.5 Å². The summed E-state index contributed by atoms with van der Waals surface area (Å²) in [7, 11) is 2.18. The maximum absolute atomic E-state index is 6.09. The van der Waals surface area contributed by atoms with Crippen molar-refractivity contribution in [3.63, 3.8) is 0 Å². The molecule has 108 valence electrons. The lowest BCUT2D eigenvalue weighted by Crippen LogP contribution is -2.39. The van der Waals surface area contributed by atoms with E-state index in [1.807, 2.05) is 0 Å². The van der Waals surface area contributed by atoms with Crippen molar-refractivity contribution < 1.29 is 0 Å². The molecule has 2 nitrogen and oxygen atoms in total. The van der Waals surface area contributed by atoms with Crippen LogP contribution in [0.5, 0.6) is 0 Å². The molecule has 0 aromatic heterocycles. The third-order valence-electron chi connectivity index (χ3n) is 4.50. The Morgan fingerprint density at radius 2 is 1.65 bits per heavy atom. The van der Waals surface area contributed by atoms with Crippen LogP contribution < -0.4 is 5.73 Å². The van der Waals surface area contributed by atoms with E-state index in [-0.39, 0.29) is 6.04 Å². The van der Waals surface area contributed by atoms with E-state index in [9.17, 15) is 0 Å². The topological polar surface area (TPSA) is 29.3 Å². The van der Waals surface area contributed by atoms with Gasteiger partial charge in [0, 0.05) is 18.6 Å². The third kappa shape index (κ3) is 2.87. The van der Waals surface area contributed by atoms with Gasteiger partial charge in [-0.25, -0.2) is 0 Å². The standard InChI is InChI=1S/C18H26N2/c1-13(2)14(3)20(4)18(12-19)17-11-7-9-15-8-5-6-10-16(15)17/h5-11,13-14,18H,12,19H2,1-4H3. The molecule has 20 heavy (non-hydrogen) atoms. The van der Waals surface area contributed by atoms with Gasteiger partial charge in [-0.15, -0.1) is 0 Å². The SMILES string of the molecule is CC(C)C(C)N(C)C(CN)c1cccc2ccccc12. The molecule has 2 unspecified atom stereocenters. The molecule has 2 N–H and O–H groups in total. The number of hydrogen-bond donors (Lipinski definition) is 1. The molecule has 0 heterocycles. The minimum Gasteiger partial charge on any atom is -0.329 e. The molecular formula is C18H26N2. The number of rotatable bonds is 5. The van der Waals surface area contributed by atoms with Gasteiger partial charge in [-0.2, -0.15) is 0 Å². The molecule has 0 fully saturated rings. The molecule has 0 amide bonds. The first kappa shape index (κ1) is 15.0. The van der Waals surface area contributed by atoms with Crippen LogP contribution in [0.4, 0.5) is 0 Å². The van der Waals surface area contributed by atoms with E-state index < -0.39 is 0 Å². The summed E-state index contributed by atoms with van der Waals surface area (Å²) < 4.78 is 0. The van der Waals surface area contributed by atoms with E-state index in [0.717, 1.165) is 0 Å². The zero-order valence-corrected chi connectivity index (χ0v) is 13.0. The van der Waals surface area contributed by atoms with Crippen molar-refractivity contribution in [2.45, 2.75) is 32.9 Å². The fourth-order valence-corrected chi connectivity index (χ4v) is 2.81. The van der Waals surface area contributed by atoms with Crippen LogP contribution in [0.25, 0.3) is 10.8 Å². The lowest BCUT2D eigenvalue weighted by molar-refractivity contribution is 0.153. The minimum absolute atomic E-state index is 0.262.